The van der Waals surface area contributed by atoms with Crippen molar-refractivity contribution in [3.8, 4) is 0 Å². The molecule has 66 valence electrons. The Bertz CT molecular complexity index is 238. The molecule has 0 radical (unpaired) electrons. The average molecular weight is 165 g/mol. The zero-order valence-corrected chi connectivity index (χ0v) is 8.18. The largest absolute Gasteiger partial charge is 0.352 e. The second-order valence-corrected chi connectivity index (χ2v) is 2.93. The predicted molar refractivity (Wildman–Crippen MR) is 52.0 cm³/mol. The second kappa shape index (κ2) is 4.24. The van der Waals surface area contributed by atoms with Crippen LogP contribution in [0.5, 0.6) is 0 Å². The summed E-state index contributed by atoms with van der Waals surface area (Å²) < 4.78 is 5.64. The van der Waals surface area contributed by atoms with Crippen LogP contribution in [-0.2, 0) is 4.42 Å². The molecule has 0 saturated carbocycles. The van der Waals surface area contributed by atoms with Gasteiger partial charge in [-0.15, -0.1) is 0 Å². The van der Waals surface area contributed by atoms with Gasteiger partial charge in [-0.1, -0.05) is 20.8 Å². The van der Waals surface area contributed by atoms with Gasteiger partial charge in [-0.2, -0.15) is 0 Å². The first-order valence-corrected chi connectivity index (χ1v) is 4.75. The third-order valence-corrected chi connectivity index (χ3v) is 2.21. The number of ketones is 1. The molecule has 1 heteroatoms. The molecule has 0 aromatic heterocycles. The van der Waals surface area contributed by atoms with Crippen LogP contribution in [0.15, 0.2) is 23.5 Å². The van der Waals surface area contributed by atoms with E-state index in [2.05, 4.69) is 32.9 Å². The first-order chi connectivity index (χ1) is 5.81. The van der Waals surface area contributed by atoms with Crippen molar-refractivity contribution < 1.29 is 4.42 Å². The lowest BCUT2D eigenvalue weighted by Crippen LogP contribution is -1.91. The summed E-state index contributed by atoms with van der Waals surface area (Å²) in [7, 11) is 0. The fraction of sp³-hybridized carbons (Fsp3) is 0.545. The van der Waals surface area contributed by atoms with E-state index in [4.69, 9.17) is 4.42 Å². The molecule has 1 heterocycles. The molecular weight excluding hydrogens is 148 g/mol. The van der Waals surface area contributed by atoms with Crippen molar-refractivity contribution in [3.05, 3.63) is 23.5 Å². The summed E-state index contributed by atoms with van der Waals surface area (Å²) in [5, 5.41) is 0. The van der Waals surface area contributed by atoms with Crippen LogP contribution in [0.2, 0.25) is 0 Å². The Morgan fingerprint density at radius 1 is 1.17 bits per heavy atom. The summed E-state index contributed by atoms with van der Waals surface area (Å²) in [4.78, 5) is 0. The lowest BCUT2D eigenvalue weighted by Gasteiger charge is -1.92. The van der Waals surface area contributed by atoms with Crippen molar-refractivity contribution in [2.75, 3.05) is 0 Å². The highest BCUT2D eigenvalue weighted by atomic mass is 16.4. The molecule has 0 aromatic carbocycles. The van der Waals surface area contributed by atoms with Crippen LogP contribution in [0.25, 0.3) is 0 Å². The average Bonchev–Trinajstić information content (AvgIpc) is 2.55. The zero-order chi connectivity index (χ0) is 8.97. The Balaban J connectivity index is 2.85. The van der Waals surface area contributed by atoms with Gasteiger partial charge in [0.2, 0.25) is 0 Å². The van der Waals surface area contributed by atoms with Gasteiger partial charge < -0.3 is 0 Å². The van der Waals surface area contributed by atoms with Gasteiger partial charge in [-0.25, -0.2) is 4.42 Å². The molecule has 0 aliphatic carbocycles. The molecule has 0 N–H and O–H groups in total. The smallest absolute Gasteiger partial charge is 0.213 e. The Kier molecular flexibility index (Phi) is 3.27. The Morgan fingerprint density at radius 2 is 1.83 bits per heavy atom. The van der Waals surface area contributed by atoms with Crippen molar-refractivity contribution >= 4 is 5.78 Å². The van der Waals surface area contributed by atoms with Crippen LogP contribution in [0, 0.1) is 0 Å². The van der Waals surface area contributed by atoms with Gasteiger partial charge in [0.15, 0.2) is 0 Å². The van der Waals surface area contributed by atoms with Gasteiger partial charge >= 0.3 is 11.5 Å². The summed E-state index contributed by atoms with van der Waals surface area (Å²) in [5.41, 5.74) is 1.41. The molecule has 0 amide bonds. The maximum absolute atomic E-state index is 5.64. The van der Waals surface area contributed by atoms with Crippen LogP contribution in [-0.4, -0.2) is 5.78 Å². The van der Waals surface area contributed by atoms with Gasteiger partial charge in [-0.3, -0.25) is 0 Å². The molecule has 1 aliphatic rings. The standard InChI is InChI=1S/C11H17O/c1-4-9(5-2)11-8-7-10(6-3)12-11/h7-8H,4-6H2,1-3H3/q+1. The van der Waals surface area contributed by atoms with Crippen molar-refractivity contribution in [2.24, 2.45) is 0 Å². The van der Waals surface area contributed by atoms with Crippen LogP contribution >= 0.6 is 0 Å². The van der Waals surface area contributed by atoms with Crippen molar-refractivity contribution in [3.63, 3.8) is 0 Å². The minimum absolute atomic E-state index is 0.987. The van der Waals surface area contributed by atoms with E-state index in [-0.39, 0.29) is 0 Å². The van der Waals surface area contributed by atoms with Gasteiger partial charge in [0.25, 0.3) is 0 Å². The van der Waals surface area contributed by atoms with E-state index in [1.165, 1.54) is 5.57 Å². The highest BCUT2D eigenvalue weighted by molar-refractivity contribution is 5.91. The van der Waals surface area contributed by atoms with Crippen molar-refractivity contribution in [1.29, 1.82) is 0 Å². The minimum atomic E-state index is 0.987. The topological polar surface area (TPSA) is 11.3 Å². The van der Waals surface area contributed by atoms with Crippen LogP contribution in [0.4, 0.5) is 0 Å². The van der Waals surface area contributed by atoms with Crippen molar-refractivity contribution in [2.45, 2.75) is 40.0 Å². The molecule has 0 spiro atoms. The van der Waals surface area contributed by atoms with E-state index >= 15 is 0 Å². The molecule has 0 aromatic rings. The molecule has 1 nitrogen and oxygen atoms in total. The van der Waals surface area contributed by atoms with Crippen LogP contribution in [0.3, 0.4) is 0 Å². The summed E-state index contributed by atoms with van der Waals surface area (Å²) in [6.45, 7) is 6.46. The molecule has 0 fully saturated rings. The van der Waals surface area contributed by atoms with E-state index < -0.39 is 0 Å². The van der Waals surface area contributed by atoms with E-state index in [1.54, 1.807) is 0 Å². The first kappa shape index (κ1) is 9.24. The summed E-state index contributed by atoms with van der Waals surface area (Å²) in [6.07, 6.45) is 7.32. The SMILES string of the molecule is CCC1=[O+]C(=C(CC)CC)C=C1. The number of hydrogen-bond acceptors (Lipinski definition) is 0. The Hall–Kier alpha value is -0.850. The number of hydrogen-bond donors (Lipinski definition) is 0. The molecule has 1 aliphatic heterocycles. The monoisotopic (exact) mass is 165 g/mol. The summed E-state index contributed by atoms with van der Waals surface area (Å²) in [6, 6.07) is 0. The molecule has 0 atom stereocenters. The van der Waals surface area contributed by atoms with Crippen LogP contribution < -0.4 is 0 Å². The molecule has 0 saturated heterocycles. The van der Waals surface area contributed by atoms with Gasteiger partial charge in [0.1, 0.15) is 0 Å². The van der Waals surface area contributed by atoms with Gasteiger partial charge in [0, 0.05) is 11.6 Å². The van der Waals surface area contributed by atoms with E-state index in [1.807, 2.05) is 0 Å². The quantitative estimate of drug-likeness (QED) is 0.569. The number of allylic oxidation sites excluding steroid dienone is 3. The molecule has 1 rings (SSSR count). The molecular formula is C11H17O+. The summed E-state index contributed by atoms with van der Waals surface area (Å²) >= 11 is 0. The van der Waals surface area contributed by atoms with Crippen molar-refractivity contribution in [1.82, 2.24) is 0 Å². The third-order valence-electron chi connectivity index (χ3n) is 2.21. The second-order valence-electron chi connectivity index (χ2n) is 2.93. The molecule has 0 bridgehead atoms. The fourth-order valence-corrected chi connectivity index (χ4v) is 1.36. The fourth-order valence-electron chi connectivity index (χ4n) is 1.36. The Labute approximate surface area is 74.5 Å². The highest BCUT2D eigenvalue weighted by Crippen LogP contribution is 2.16. The lowest BCUT2D eigenvalue weighted by atomic mass is 10.1. The van der Waals surface area contributed by atoms with E-state index in [9.17, 15) is 0 Å². The number of carbonyl (C=O) groups excluding carboxylic acids is 1. The lowest BCUT2D eigenvalue weighted by molar-refractivity contribution is -0.389. The van der Waals surface area contributed by atoms with E-state index in [0.717, 1.165) is 30.8 Å². The molecule has 0 unspecified atom stereocenters. The van der Waals surface area contributed by atoms with Gasteiger partial charge in [0.05, 0.1) is 12.5 Å². The normalized spacial score (nSPS) is 15.2. The Morgan fingerprint density at radius 3 is 2.25 bits per heavy atom. The molecule has 12 heavy (non-hydrogen) atoms. The summed E-state index contributed by atoms with van der Waals surface area (Å²) in [5.74, 6) is 2.17. The maximum Gasteiger partial charge on any atom is 0.352 e. The first-order valence-electron chi connectivity index (χ1n) is 4.75. The highest BCUT2D eigenvalue weighted by Gasteiger charge is 2.20. The van der Waals surface area contributed by atoms with Crippen LogP contribution in [0.1, 0.15) is 40.0 Å². The maximum atomic E-state index is 5.64. The van der Waals surface area contributed by atoms with Gasteiger partial charge in [-0.05, 0) is 12.8 Å². The third kappa shape index (κ3) is 1.84. The number of rotatable bonds is 3. The zero-order valence-electron chi connectivity index (χ0n) is 8.18. The predicted octanol–water partition coefficient (Wildman–Crippen LogP) is 3.15. The van der Waals surface area contributed by atoms with E-state index in [0.29, 0.717) is 0 Å². The minimum Gasteiger partial charge on any atom is -0.213 e.